The molecular formula is C21H24O3. The maximum Gasteiger partial charge on any atom is 0.211 e. The van der Waals surface area contributed by atoms with Crippen molar-refractivity contribution in [3.05, 3.63) is 47.2 Å². The van der Waals surface area contributed by atoms with Gasteiger partial charge < -0.3 is 4.74 Å². The van der Waals surface area contributed by atoms with Gasteiger partial charge in [-0.2, -0.15) is 0 Å². The zero-order valence-corrected chi connectivity index (χ0v) is 14.8. The van der Waals surface area contributed by atoms with Crippen LogP contribution in [0.25, 0.3) is 0 Å². The Kier molecular flexibility index (Phi) is 2.99. The van der Waals surface area contributed by atoms with Crippen molar-refractivity contribution in [2.24, 2.45) is 10.8 Å². The Morgan fingerprint density at radius 2 is 1.71 bits per heavy atom. The van der Waals surface area contributed by atoms with Crippen LogP contribution in [0.1, 0.15) is 58.4 Å². The number of fused-ring (bicyclic) bond motifs is 3. The lowest BCUT2D eigenvalue weighted by Gasteiger charge is -2.43. The van der Waals surface area contributed by atoms with Crippen molar-refractivity contribution >= 4 is 11.6 Å². The third kappa shape index (κ3) is 1.78. The summed E-state index contributed by atoms with van der Waals surface area (Å²) in [4.78, 5) is 26.7. The topological polar surface area (TPSA) is 43.4 Å². The fourth-order valence-electron chi connectivity index (χ4n) is 4.97. The summed E-state index contributed by atoms with van der Waals surface area (Å²) in [6.45, 7) is 7.87. The van der Waals surface area contributed by atoms with Crippen molar-refractivity contribution < 1.29 is 14.3 Å². The van der Waals surface area contributed by atoms with E-state index in [0.717, 1.165) is 24.0 Å². The third-order valence-electron chi connectivity index (χ3n) is 6.46. The van der Waals surface area contributed by atoms with E-state index in [0.29, 0.717) is 12.2 Å². The molecule has 1 heterocycles. The lowest BCUT2D eigenvalue weighted by Crippen LogP contribution is -2.49. The van der Waals surface area contributed by atoms with Crippen molar-refractivity contribution in [1.29, 1.82) is 0 Å². The van der Waals surface area contributed by atoms with Crippen LogP contribution in [0.2, 0.25) is 0 Å². The summed E-state index contributed by atoms with van der Waals surface area (Å²) in [7, 11) is 0. The molecule has 3 atom stereocenters. The Bertz CT molecular complexity index is 774. The number of benzene rings is 1. The van der Waals surface area contributed by atoms with Gasteiger partial charge in [0.2, 0.25) is 5.78 Å². The fourth-order valence-corrected chi connectivity index (χ4v) is 4.97. The number of hydrogen-bond donors (Lipinski definition) is 0. The molecule has 1 aromatic rings. The second-order valence-corrected chi connectivity index (χ2v) is 8.53. The Hall–Kier alpha value is -1.90. The minimum atomic E-state index is -1.01. The smallest absolute Gasteiger partial charge is 0.211 e. The zero-order chi connectivity index (χ0) is 17.3. The van der Waals surface area contributed by atoms with Crippen molar-refractivity contribution in [1.82, 2.24) is 0 Å². The SMILES string of the molecule is CC1(C)CCC2=C(O1)C(=O)C1(C)C(=O)C2(C)CC1c1ccccc1. The molecule has 0 amide bonds. The number of allylic oxidation sites excluding steroid dienone is 2. The molecule has 4 rings (SSSR count). The molecule has 1 aliphatic heterocycles. The average Bonchev–Trinajstić information content (AvgIpc) is 2.72. The molecule has 0 radical (unpaired) electrons. The summed E-state index contributed by atoms with van der Waals surface area (Å²) >= 11 is 0. The number of ketones is 2. The van der Waals surface area contributed by atoms with Crippen LogP contribution < -0.4 is 0 Å². The Balaban J connectivity index is 1.89. The van der Waals surface area contributed by atoms with Gasteiger partial charge in [0.15, 0.2) is 11.5 Å². The number of carbonyl (C=O) groups is 2. The quantitative estimate of drug-likeness (QED) is 0.728. The fraction of sp³-hybridized carbons (Fsp3) is 0.524. The van der Waals surface area contributed by atoms with E-state index < -0.39 is 10.8 Å². The first-order chi connectivity index (χ1) is 11.2. The molecule has 0 N–H and O–H groups in total. The molecule has 2 bridgehead atoms. The molecule has 126 valence electrons. The number of ether oxygens (including phenoxy) is 1. The molecule has 0 spiro atoms. The van der Waals surface area contributed by atoms with E-state index >= 15 is 0 Å². The third-order valence-corrected chi connectivity index (χ3v) is 6.46. The largest absolute Gasteiger partial charge is 0.484 e. The molecule has 0 saturated heterocycles. The lowest BCUT2D eigenvalue weighted by atomic mass is 9.64. The van der Waals surface area contributed by atoms with Crippen LogP contribution >= 0.6 is 0 Å². The molecule has 2 aliphatic carbocycles. The van der Waals surface area contributed by atoms with Gasteiger partial charge in [0.25, 0.3) is 0 Å². The predicted molar refractivity (Wildman–Crippen MR) is 91.5 cm³/mol. The van der Waals surface area contributed by atoms with Gasteiger partial charge >= 0.3 is 0 Å². The normalized spacial score (nSPS) is 37.2. The first-order valence-corrected chi connectivity index (χ1v) is 8.77. The summed E-state index contributed by atoms with van der Waals surface area (Å²) in [6, 6.07) is 9.98. The molecule has 1 fully saturated rings. The van der Waals surface area contributed by atoms with E-state index in [-0.39, 0.29) is 23.1 Å². The molecule has 3 aliphatic rings. The van der Waals surface area contributed by atoms with Crippen molar-refractivity contribution in [2.75, 3.05) is 0 Å². The van der Waals surface area contributed by atoms with Gasteiger partial charge in [-0.15, -0.1) is 0 Å². The molecular weight excluding hydrogens is 300 g/mol. The van der Waals surface area contributed by atoms with Crippen molar-refractivity contribution in [3.63, 3.8) is 0 Å². The zero-order valence-electron chi connectivity index (χ0n) is 14.8. The van der Waals surface area contributed by atoms with Gasteiger partial charge in [0.1, 0.15) is 11.0 Å². The van der Waals surface area contributed by atoms with Crippen LogP contribution in [0.3, 0.4) is 0 Å². The Morgan fingerprint density at radius 3 is 2.38 bits per heavy atom. The highest BCUT2D eigenvalue weighted by Gasteiger charge is 2.68. The van der Waals surface area contributed by atoms with E-state index in [1.165, 1.54) is 0 Å². The maximum absolute atomic E-state index is 13.4. The Morgan fingerprint density at radius 1 is 1.04 bits per heavy atom. The molecule has 3 heteroatoms. The summed E-state index contributed by atoms with van der Waals surface area (Å²) in [6.07, 6.45) is 2.31. The predicted octanol–water partition coefficient (Wildman–Crippen LogP) is 4.18. The summed E-state index contributed by atoms with van der Waals surface area (Å²) in [5.41, 5.74) is 0.0814. The lowest BCUT2D eigenvalue weighted by molar-refractivity contribution is -0.146. The average molecular weight is 324 g/mol. The first kappa shape index (κ1) is 15.6. The summed E-state index contributed by atoms with van der Waals surface area (Å²) in [5.74, 6) is 0.366. The van der Waals surface area contributed by atoms with Gasteiger partial charge in [-0.25, -0.2) is 0 Å². The van der Waals surface area contributed by atoms with Gasteiger partial charge in [0.05, 0.1) is 5.41 Å². The Labute approximate surface area is 143 Å². The molecule has 3 unspecified atom stereocenters. The first-order valence-electron chi connectivity index (χ1n) is 8.77. The van der Waals surface area contributed by atoms with Gasteiger partial charge in [-0.05, 0) is 58.1 Å². The van der Waals surface area contributed by atoms with E-state index in [1.807, 2.05) is 58.0 Å². The molecule has 24 heavy (non-hydrogen) atoms. The number of Topliss-reactive ketones (excluding diaryl/α,β-unsaturated/α-hetero) is 2. The van der Waals surface area contributed by atoms with Crippen LogP contribution in [0.4, 0.5) is 0 Å². The minimum absolute atomic E-state index is 0.0795. The highest BCUT2D eigenvalue weighted by atomic mass is 16.5. The summed E-state index contributed by atoms with van der Waals surface area (Å²) < 4.78 is 6.11. The van der Waals surface area contributed by atoms with E-state index in [4.69, 9.17) is 4.74 Å². The highest BCUT2D eigenvalue weighted by Crippen LogP contribution is 2.64. The molecule has 0 aromatic heterocycles. The van der Waals surface area contributed by atoms with E-state index in [1.54, 1.807) is 0 Å². The van der Waals surface area contributed by atoms with Crippen LogP contribution in [-0.2, 0) is 14.3 Å². The second-order valence-electron chi connectivity index (χ2n) is 8.53. The maximum atomic E-state index is 13.4. The number of hydrogen-bond acceptors (Lipinski definition) is 3. The number of carbonyl (C=O) groups excluding carboxylic acids is 2. The second kappa shape index (κ2) is 4.59. The van der Waals surface area contributed by atoms with E-state index in [9.17, 15) is 9.59 Å². The number of rotatable bonds is 1. The molecule has 1 aromatic carbocycles. The standard InChI is InChI=1S/C21H24O3/c1-19(2)11-10-14-16(24-19)17(22)21(4)15(12-20(14,3)18(21)23)13-8-6-5-7-9-13/h5-9,15H,10-12H2,1-4H3. The van der Waals surface area contributed by atoms with Crippen LogP contribution in [-0.4, -0.2) is 17.2 Å². The van der Waals surface area contributed by atoms with Crippen molar-refractivity contribution in [3.8, 4) is 0 Å². The van der Waals surface area contributed by atoms with Crippen LogP contribution in [0.15, 0.2) is 41.7 Å². The van der Waals surface area contributed by atoms with Gasteiger partial charge in [-0.3, -0.25) is 9.59 Å². The van der Waals surface area contributed by atoms with Gasteiger partial charge in [-0.1, -0.05) is 30.3 Å². The molecule has 1 saturated carbocycles. The highest BCUT2D eigenvalue weighted by molar-refractivity contribution is 6.21. The van der Waals surface area contributed by atoms with Crippen LogP contribution in [0, 0.1) is 10.8 Å². The molecule has 3 nitrogen and oxygen atoms in total. The van der Waals surface area contributed by atoms with Gasteiger partial charge in [0, 0.05) is 5.92 Å². The van der Waals surface area contributed by atoms with Crippen LogP contribution in [0.5, 0.6) is 0 Å². The van der Waals surface area contributed by atoms with Crippen molar-refractivity contribution in [2.45, 2.75) is 58.5 Å². The van der Waals surface area contributed by atoms with E-state index in [2.05, 4.69) is 0 Å². The minimum Gasteiger partial charge on any atom is -0.484 e. The summed E-state index contributed by atoms with van der Waals surface area (Å²) in [5, 5.41) is 0. The monoisotopic (exact) mass is 324 g/mol.